The van der Waals surface area contributed by atoms with E-state index >= 15 is 0 Å². The summed E-state index contributed by atoms with van der Waals surface area (Å²) in [5, 5.41) is 0. The minimum atomic E-state index is 0. The van der Waals surface area contributed by atoms with Crippen molar-refractivity contribution >= 4 is 3.21 Å². The molecule has 1 atom stereocenters. The first-order chi connectivity index (χ1) is 21.9. The fourth-order valence-electron chi connectivity index (χ4n) is 8.89. The van der Waals surface area contributed by atoms with Gasteiger partial charge >= 0.3 is 112 Å². The molecule has 4 saturated carbocycles. The molecule has 4 aromatic rings. The minimum absolute atomic E-state index is 0. The average molecular weight is 735 g/mol. The van der Waals surface area contributed by atoms with E-state index in [0.717, 1.165) is 36.0 Å². The van der Waals surface area contributed by atoms with Crippen molar-refractivity contribution in [3.63, 3.8) is 0 Å². The zero-order chi connectivity index (χ0) is 30.9. The van der Waals surface area contributed by atoms with Crippen LogP contribution in [0.4, 0.5) is 0 Å². The molecule has 0 radical (unpaired) electrons. The Balaban J connectivity index is 0.000000136. The van der Waals surface area contributed by atoms with E-state index in [-0.39, 0.29) is 24.8 Å². The summed E-state index contributed by atoms with van der Waals surface area (Å²) in [6, 6.07) is 35.6. The van der Waals surface area contributed by atoms with Crippen LogP contribution in [0.25, 0.3) is 11.1 Å². The van der Waals surface area contributed by atoms with Crippen molar-refractivity contribution in [3.8, 4) is 11.1 Å². The standard InChI is InChI=1S/C16H21.C15H14.C13H9.2ClH.Zr/c1-10-2-3-13(4-10)16-14-6-11-5-12(8-14)9-15(16)7-11;1-12-3-7-14(8-4-12)11-15-9-5-13(2)6-10-15;1-3-7-12-10(5-1)9-11-6-2-4-8-13(11)12;;;/h3-4,10-12,14-16H,5-9H2,1H3;3-10H,1-2H3;1-5,7-8H,9H2;2*1H;/q-1;;-1;;;+2/p-2. The Bertz CT molecular complexity index is 1610. The topological polar surface area (TPSA) is 0 Å². The fraction of sp³-hybridized carbons (Fsp3) is 0.341. The minimum Gasteiger partial charge on any atom is -1.00 e. The SMILES string of the molecule is CC1[C-]=CC(C2C3CC4CC(C3)CC2C4)=C1.Cc1ccc([C](=[Zr+2])c2ccc(C)cc2)cc1.[Cl-].[Cl-].[c-]1cccc2c1Cc1ccccc1-2. The summed E-state index contributed by atoms with van der Waals surface area (Å²) < 4.78 is 1.42. The van der Waals surface area contributed by atoms with Crippen LogP contribution in [0.1, 0.15) is 72.4 Å². The molecule has 6 aliphatic rings. The van der Waals surface area contributed by atoms with Gasteiger partial charge in [-0.1, -0.05) is 54.2 Å². The van der Waals surface area contributed by atoms with Crippen molar-refractivity contribution < 1.29 is 49.0 Å². The molecule has 240 valence electrons. The summed E-state index contributed by atoms with van der Waals surface area (Å²) in [7, 11) is 0. The van der Waals surface area contributed by atoms with E-state index in [2.05, 4.69) is 130 Å². The summed E-state index contributed by atoms with van der Waals surface area (Å²) in [4.78, 5) is 0. The molecule has 3 heteroatoms. The molecule has 0 nitrogen and oxygen atoms in total. The summed E-state index contributed by atoms with van der Waals surface area (Å²) in [5.41, 5.74) is 12.5. The van der Waals surface area contributed by atoms with Crippen LogP contribution in [0, 0.1) is 61.5 Å². The van der Waals surface area contributed by atoms with E-state index in [1.807, 2.05) is 6.07 Å². The molecule has 0 aromatic heterocycles. The molecule has 0 spiro atoms. The number of hydrogen-bond donors (Lipinski definition) is 0. The maximum Gasteiger partial charge on any atom is -0.0253 e. The summed E-state index contributed by atoms with van der Waals surface area (Å²) in [6.45, 7) is 6.51. The molecule has 4 fully saturated rings. The van der Waals surface area contributed by atoms with Gasteiger partial charge in [0.1, 0.15) is 0 Å². The normalized spacial score (nSPS) is 25.1. The Labute approximate surface area is 310 Å². The molecule has 0 heterocycles. The van der Waals surface area contributed by atoms with E-state index in [1.165, 1.54) is 97.6 Å². The van der Waals surface area contributed by atoms with Gasteiger partial charge in [0, 0.05) is 0 Å². The zero-order valence-corrected chi connectivity index (χ0v) is 31.7. The van der Waals surface area contributed by atoms with Gasteiger partial charge in [0.15, 0.2) is 0 Å². The Hall–Kier alpha value is -2.31. The predicted octanol–water partition coefficient (Wildman–Crippen LogP) is 4.48. The van der Waals surface area contributed by atoms with Crippen LogP contribution in [0.2, 0.25) is 0 Å². The molecule has 4 aromatic carbocycles. The van der Waals surface area contributed by atoms with E-state index in [9.17, 15) is 0 Å². The Morgan fingerprint density at radius 1 is 0.681 bits per heavy atom. The monoisotopic (exact) mass is 732 g/mol. The van der Waals surface area contributed by atoms with Gasteiger partial charge in [0.2, 0.25) is 0 Å². The molecule has 0 saturated heterocycles. The van der Waals surface area contributed by atoms with Gasteiger partial charge in [0.05, 0.1) is 0 Å². The maximum atomic E-state index is 3.46. The predicted molar refractivity (Wildman–Crippen MR) is 185 cm³/mol. The van der Waals surface area contributed by atoms with Crippen molar-refractivity contribution in [2.75, 3.05) is 0 Å². The van der Waals surface area contributed by atoms with Gasteiger partial charge in [-0.15, -0.1) is 5.56 Å². The van der Waals surface area contributed by atoms with E-state index in [0.29, 0.717) is 5.92 Å². The van der Waals surface area contributed by atoms with Crippen LogP contribution >= 0.6 is 0 Å². The molecular formula is C44H44Cl2Zr-2. The number of rotatable bonds is 3. The average Bonchev–Trinajstić information content (AvgIpc) is 3.65. The molecule has 0 aliphatic heterocycles. The first-order valence-electron chi connectivity index (χ1n) is 17.0. The first-order valence-corrected chi connectivity index (χ1v) is 18.3. The van der Waals surface area contributed by atoms with Crippen LogP contribution in [0.5, 0.6) is 0 Å². The van der Waals surface area contributed by atoms with Gasteiger partial charge in [-0.05, 0) is 62.2 Å². The second-order valence-corrected chi connectivity index (χ2v) is 15.5. The summed E-state index contributed by atoms with van der Waals surface area (Å²) >= 11 is 1.46. The van der Waals surface area contributed by atoms with Crippen LogP contribution in [-0.4, -0.2) is 3.21 Å². The van der Waals surface area contributed by atoms with E-state index < -0.39 is 0 Å². The third-order valence-electron chi connectivity index (χ3n) is 10.9. The Morgan fingerprint density at radius 2 is 1.23 bits per heavy atom. The Kier molecular flexibility index (Phi) is 12.2. The second-order valence-electron chi connectivity index (χ2n) is 14.2. The van der Waals surface area contributed by atoms with E-state index in [4.69, 9.17) is 0 Å². The van der Waals surface area contributed by atoms with Crippen LogP contribution in [0.3, 0.4) is 0 Å². The summed E-state index contributed by atoms with van der Waals surface area (Å²) in [5.74, 6) is 5.77. The van der Waals surface area contributed by atoms with Gasteiger partial charge in [0.25, 0.3) is 0 Å². The van der Waals surface area contributed by atoms with E-state index in [1.54, 1.807) is 12.0 Å². The van der Waals surface area contributed by atoms with Crippen LogP contribution in [-0.2, 0) is 30.7 Å². The van der Waals surface area contributed by atoms with Gasteiger partial charge < -0.3 is 24.8 Å². The smallest absolute Gasteiger partial charge is 0.0253 e. The third-order valence-corrected chi connectivity index (χ3v) is 12.3. The quantitative estimate of drug-likeness (QED) is 0.240. The fourth-order valence-corrected chi connectivity index (χ4v) is 9.71. The van der Waals surface area contributed by atoms with Crippen molar-refractivity contribution in [3.05, 3.63) is 154 Å². The van der Waals surface area contributed by atoms with Gasteiger partial charge in [-0.25, -0.2) is 6.08 Å². The number of hydrogen-bond acceptors (Lipinski definition) is 0. The van der Waals surface area contributed by atoms with Crippen molar-refractivity contribution in [2.45, 2.75) is 59.3 Å². The molecule has 47 heavy (non-hydrogen) atoms. The number of allylic oxidation sites excluding steroid dienone is 4. The zero-order valence-electron chi connectivity index (χ0n) is 27.8. The second kappa shape index (κ2) is 15.9. The largest absolute Gasteiger partial charge is 1.00 e. The molecule has 4 bridgehead atoms. The summed E-state index contributed by atoms with van der Waals surface area (Å²) in [6.07, 6.45) is 17.0. The maximum absolute atomic E-state index is 3.46. The molecule has 10 rings (SSSR count). The van der Waals surface area contributed by atoms with Crippen molar-refractivity contribution in [1.29, 1.82) is 0 Å². The molecule has 0 N–H and O–H groups in total. The van der Waals surface area contributed by atoms with Gasteiger partial charge in [-0.2, -0.15) is 41.5 Å². The molecular weight excluding hydrogens is 691 g/mol. The van der Waals surface area contributed by atoms with Crippen LogP contribution in [0.15, 0.2) is 109 Å². The number of benzene rings is 4. The molecule has 6 aliphatic carbocycles. The first kappa shape index (κ1) is 36.0. The number of aryl methyl sites for hydroxylation is 2. The number of fused-ring (bicyclic) bond motifs is 3. The Morgan fingerprint density at radius 3 is 1.79 bits per heavy atom. The van der Waals surface area contributed by atoms with Crippen molar-refractivity contribution in [1.82, 2.24) is 0 Å². The van der Waals surface area contributed by atoms with Crippen LogP contribution < -0.4 is 24.8 Å². The third kappa shape index (κ3) is 8.12. The van der Waals surface area contributed by atoms with Gasteiger partial charge in [-0.3, -0.25) is 6.08 Å². The molecule has 0 amide bonds. The molecule has 1 unspecified atom stereocenters. The number of halogens is 2. The van der Waals surface area contributed by atoms with Crippen molar-refractivity contribution in [2.24, 2.45) is 35.5 Å².